The lowest BCUT2D eigenvalue weighted by Gasteiger charge is -2.13. The van der Waals surface area contributed by atoms with Gasteiger partial charge in [0, 0.05) is 11.1 Å². The highest BCUT2D eigenvalue weighted by Crippen LogP contribution is 2.43. The van der Waals surface area contributed by atoms with E-state index in [1.54, 1.807) is 18.0 Å². The molecule has 110 valence electrons. The number of rotatable bonds is 2. The number of nitrogens with zero attached hydrogens (tertiary/aromatic N) is 2. The first-order chi connectivity index (χ1) is 10.8. The maximum atomic E-state index is 11.8. The quantitative estimate of drug-likeness (QED) is 0.679. The van der Waals surface area contributed by atoms with Gasteiger partial charge in [-0.15, -0.1) is 11.8 Å². The molecule has 0 spiro atoms. The highest BCUT2D eigenvalue weighted by atomic mass is 32.2. The number of benzene rings is 1. The van der Waals surface area contributed by atoms with Crippen LogP contribution in [0, 0.1) is 0 Å². The van der Waals surface area contributed by atoms with E-state index in [1.807, 2.05) is 36.5 Å². The summed E-state index contributed by atoms with van der Waals surface area (Å²) < 4.78 is 0. The molecule has 1 amide bonds. The van der Waals surface area contributed by atoms with Crippen LogP contribution in [0.4, 0.5) is 5.82 Å². The topological polar surface area (TPSA) is 86.5 Å². The van der Waals surface area contributed by atoms with E-state index in [1.165, 1.54) is 0 Å². The Labute approximate surface area is 130 Å². The van der Waals surface area contributed by atoms with Gasteiger partial charge < -0.3 is 5.32 Å². The standard InChI is InChI=1S/C15H13N5OS/c21-12-8-22-14(11-7-17-20-15(11)18-12)10-6-16-19-13(10)9-4-2-1-3-5-9/h1-7,14H,8H2,(H,16,19)(H2,17,18,20,21)/t14-/m1/s1. The summed E-state index contributed by atoms with van der Waals surface area (Å²) >= 11 is 1.57. The number of H-pyrrole nitrogens is 2. The molecule has 1 aliphatic rings. The third-order valence-electron chi connectivity index (χ3n) is 3.61. The van der Waals surface area contributed by atoms with Crippen LogP contribution in [0.3, 0.4) is 0 Å². The first-order valence-corrected chi connectivity index (χ1v) is 7.91. The number of fused-ring (bicyclic) bond motifs is 1. The SMILES string of the molecule is O=C1CS[C@H](c2cn[nH]c2-c2ccccc2)c2cn[nH]c2N1. The Kier molecular flexibility index (Phi) is 3.19. The number of aromatic amines is 2. The second-order valence-corrected chi connectivity index (χ2v) is 6.10. The molecule has 22 heavy (non-hydrogen) atoms. The molecule has 0 saturated carbocycles. The number of carbonyl (C=O) groups is 1. The smallest absolute Gasteiger partial charge is 0.235 e. The number of hydrogen-bond acceptors (Lipinski definition) is 4. The van der Waals surface area contributed by atoms with Gasteiger partial charge in [0.15, 0.2) is 0 Å². The summed E-state index contributed by atoms with van der Waals surface area (Å²) in [5.41, 5.74) is 4.06. The molecule has 0 unspecified atom stereocenters. The van der Waals surface area contributed by atoms with Crippen molar-refractivity contribution in [2.45, 2.75) is 5.25 Å². The van der Waals surface area contributed by atoms with E-state index >= 15 is 0 Å². The summed E-state index contributed by atoms with van der Waals surface area (Å²) in [4.78, 5) is 11.8. The van der Waals surface area contributed by atoms with Gasteiger partial charge in [0.25, 0.3) is 0 Å². The molecule has 3 heterocycles. The van der Waals surface area contributed by atoms with E-state index in [0.29, 0.717) is 11.6 Å². The van der Waals surface area contributed by atoms with Crippen LogP contribution in [-0.4, -0.2) is 32.1 Å². The van der Waals surface area contributed by atoms with Crippen LogP contribution in [0.15, 0.2) is 42.7 Å². The molecule has 3 aromatic rings. The van der Waals surface area contributed by atoms with E-state index in [-0.39, 0.29) is 11.2 Å². The maximum absolute atomic E-state index is 11.8. The van der Waals surface area contributed by atoms with Crippen LogP contribution in [-0.2, 0) is 4.79 Å². The molecular weight excluding hydrogens is 298 g/mol. The molecule has 0 fully saturated rings. The van der Waals surface area contributed by atoms with Crippen molar-refractivity contribution in [2.75, 3.05) is 11.1 Å². The molecule has 0 aliphatic carbocycles. The minimum absolute atomic E-state index is 0.00153. The fraction of sp³-hybridized carbons (Fsp3) is 0.133. The molecule has 4 rings (SSSR count). The molecule has 0 bridgehead atoms. The summed E-state index contributed by atoms with van der Waals surface area (Å²) in [6.07, 6.45) is 3.59. The van der Waals surface area contributed by atoms with E-state index in [9.17, 15) is 4.79 Å². The molecule has 3 N–H and O–H groups in total. The van der Waals surface area contributed by atoms with E-state index in [0.717, 1.165) is 22.4 Å². The summed E-state index contributed by atoms with van der Waals surface area (Å²) in [6, 6.07) is 10.1. The van der Waals surface area contributed by atoms with Crippen molar-refractivity contribution in [3.8, 4) is 11.3 Å². The molecule has 0 saturated heterocycles. The zero-order chi connectivity index (χ0) is 14.9. The van der Waals surface area contributed by atoms with Crippen molar-refractivity contribution >= 4 is 23.5 Å². The molecule has 6 nitrogen and oxygen atoms in total. The normalized spacial score (nSPS) is 17.6. The van der Waals surface area contributed by atoms with Crippen LogP contribution in [0.1, 0.15) is 16.4 Å². The Morgan fingerprint density at radius 1 is 1.05 bits per heavy atom. The minimum Gasteiger partial charge on any atom is -0.310 e. The average Bonchev–Trinajstić information content (AvgIpc) is 3.16. The zero-order valence-electron chi connectivity index (χ0n) is 11.5. The number of nitrogens with one attached hydrogen (secondary N) is 3. The zero-order valence-corrected chi connectivity index (χ0v) is 12.4. The van der Waals surface area contributed by atoms with Gasteiger partial charge in [0.05, 0.1) is 29.1 Å². The lowest BCUT2D eigenvalue weighted by molar-refractivity contribution is -0.113. The Bertz CT molecular complexity index is 810. The van der Waals surface area contributed by atoms with Crippen molar-refractivity contribution in [3.05, 3.63) is 53.9 Å². The molecule has 7 heteroatoms. The molecule has 1 aromatic carbocycles. The highest BCUT2D eigenvalue weighted by molar-refractivity contribution is 8.00. The van der Waals surface area contributed by atoms with Crippen LogP contribution in [0.5, 0.6) is 0 Å². The van der Waals surface area contributed by atoms with Gasteiger partial charge in [-0.1, -0.05) is 30.3 Å². The Balaban J connectivity index is 1.81. The lowest BCUT2D eigenvalue weighted by atomic mass is 10.0. The number of anilines is 1. The second kappa shape index (κ2) is 5.34. The van der Waals surface area contributed by atoms with E-state index in [2.05, 4.69) is 25.7 Å². The molecule has 0 radical (unpaired) electrons. The van der Waals surface area contributed by atoms with Crippen molar-refractivity contribution in [1.29, 1.82) is 0 Å². The number of thioether (sulfide) groups is 1. The Morgan fingerprint density at radius 2 is 1.82 bits per heavy atom. The Hall–Kier alpha value is -2.54. The molecular formula is C15H13N5OS. The summed E-state index contributed by atoms with van der Waals surface area (Å²) in [6.45, 7) is 0. The van der Waals surface area contributed by atoms with Crippen LogP contribution >= 0.6 is 11.8 Å². The minimum atomic E-state index is -0.0252. The number of hydrogen-bond donors (Lipinski definition) is 3. The first-order valence-electron chi connectivity index (χ1n) is 6.86. The summed E-state index contributed by atoms with van der Waals surface area (Å²) in [5.74, 6) is 1.04. The van der Waals surface area contributed by atoms with Gasteiger partial charge in [0.2, 0.25) is 5.91 Å². The number of amides is 1. The van der Waals surface area contributed by atoms with Gasteiger partial charge in [-0.3, -0.25) is 15.0 Å². The molecule has 1 atom stereocenters. The van der Waals surface area contributed by atoms with Crippen molar-refractivity contribution in [2.24, 2.45) is 0 Å². The van der Waals surface area contributed by atoms with Gasteiger partial charge >= 0.3 is 0 Å². The summed E-state index contributed by atoms with van der Waals surface area (Å²) in [5, 5.41) is 17.0. The van der Waals surface area contributed by atoms with Crippen LogP contribution < -0.4 is 5.32 Å². The third-order valence-corrected chi connectivity index (χ3v) is 4.88. The van der Waals surface area contributed by atoms with Gasteiger partial charge in [-0.2, -0.15) is 10.2 Å². The van der Waals surface area contributed by atoms with Gasteiger partial charge in [-0.05, 0) is 5.56 Å². The molecule has 2 aromatic heterocycles. The number of carbonyl (C=O) groups excluding carboxylic acids is 1. The predicted molar refractivity (Wildman–Crippen MR) is 85.5 cm³/mol. The summed E-state index contributed by atoms with van der Waals surface area (Å²) in [7, 11) is 0. The monoisotopic (exact) mass is 311 g/mol. The number of aromatic nitrogens is 4. The van der Waals surface area contributed by atoms with Crippen molar-refractivity contribution < 1.29 is 4.79 Å². The van der Waals surface area contributed by atoms with Crippen LogP contribution in [0.2, 0.25) is 0 Å². The Morgan fingerprint density at radius 3 is 2.68 bits per heavy atom. The maximum Gasteiger partial charge on any atom is 0.235 e. The van der Waals surface area contributed by atoms with Crippen LogP contribution in [0.25, 0.3) is 11.3 Å². The fourth-order valence-corrected chi connectivity index (χ4v) is 3.71. The van der Waals surface area contributed by atoms with Gasteiger partial charge in [-0.25, -0.2) is 0 Å². The third kappa shape index (κ3) is 2.19. The van der Waals surface area contributed by atoms with Gasteiger partial charge in [0.1, 0.15) is 5.82 Å². The largest absolute Gasteiger partial charge is 0.310 e. The van der Waals surface area contributed by atoms with Crippen molar-refractivity contribution in [3.63, 3.8) is 0 Å². The molecule has 1 aliphatic heterocycles. The second-order valence-electron chi connectivity index (χ2n) is 5.01. The van der Waals surface area contributed by atoms with E-state index in [4.69, 9.17) is 0 Å². The fourth-order valence-electron chi connectivity index (χ4n) is 2.61. The van der Waals surface area contributed by atoms with E-state index < -0.39 is 0 Å². The lowest BCUT2D eigenvalue weighted by Crippen LogP contribution is -2.12. The highest BCUT2D eigenvalue weighted by Gasteiger charge is 2.28. The average molecular weight is 311 g/mol. The predicted octanol–water partition coefficient (Wildman–Crippen LogP) is 2.57. The van der Waals surface area contributed by atoms with Crippen molar-refractivity contribution in [1.82, 2.24) is 20.4 Å². The first kappa shape index (κ1) is 13.1.